The molecule has 1 saturated heterocycles. The van der Waals surface area contributed by atoms with Crippen LogP contribution in [0.5, 0.6) is 0 Å². The second-order valence-electron chi connectivity index (χ2n) is 4.74. The summed E-state index contributed by atoms with van der Waals surface area (Å²) < 4.78 is 11.1. The molecule has 0 amide bonds. The predicted molar refractivity (Wildman–Crippen MR) is 73.9 cm³/mol. The van der Waals surface area contributed by atoms with E-state index in [9.17, 15) is 0 Å². The van der Waals surface area contributed by atoms with Crippen LogP contribution in [0.15, 0.2) is 24.3 Å². The van der Waals surface area contributed by atoms with E-state index in [4.69, 9.17) is 9.47 Å². The number of ether oxygens (including phenoxy) is 2. The van der Waals surface area contributed by atoms with E-state index in [1.165, 1.54) is 11.1 Å². The molecule has 98 valence electrons. The molecule has 0 aliphatic carbocycles. The molecule has 2 unspecified atom stereocenters. The molecular formula is C14H19NO2S. The lowest BCUT2D eigenvalue weighted by Crippen LogP contribution is -2.40. The van der Waals surface area contributed by atoms with E-state index >= 15 is 0 Å². The number of rotatable bonds is 3. The molecule has 0 saturated carbocycles. The lowest BCUT2D eigenvalue weighted by atomic mass is 10.0. The second kappa shape index (κ2) is 6.06. The van der Waals surface area contributed by atoms with Gasteiger partial charge in [0, 0.05) is 24.1 Å². The summed E-state index contributed by atoms with van der Waals surface area (Å²) in [6.07, 6.45) is 0.206. The molecule has 2 heterocycles. The van der Waals surface area contributed by atoms with E-state index in [-0.39, 0.29) is 6.10 Å². The smallest absolute Gasteiger partial charge is 0.0933 e. The van der Waals surface area contributed by atoms with Gasteiger partial charge in [-0.15, -0.1) is 0 Å². The highest BCUT2D eigenvalue weighted by molar-refractivity contribution is 7.98. The summed E-state index contributed by atoms with van der Waals surface area (Å²) in [4.78, 5) is 0. The summed E-state index contributed by atoms with van der Waals surface area (Å²) >= 11 is 2.00. The molecule has 2 atom stereocenters. The van der Waals surface area contributed by atoms with Gasteiger partial charge < -0.3 is 14.8 Å². The maximum atomic E-state index is 5.66. The number of hydrogen-bond donors (Lipinski definition) is 1. The van der Waals surface area contributed by atoms with Crippen molar-refractivity contribution < 1.29 is 9.47 Å². The van der Waals surface area contributed by atoms with Gasteiger partial charge in [0.2, 0.25) is 0 Å². The number of benzene rings is 1. The van der Waals surface area contributed by atoms with Crippen molar-refractivity contribution in [2.24, 2.45) is 0 Å². The first-order chi connectivity index (χ1) is 8.93. The van der Waals surface area contributed by atoms with E-state index < -0.39 is 0 Å². The van der Waals surface area contributed by atoms with Gasteiger partial charge >= 0.3 is 0 Å². The SMILES string of the molecule is c1ccc2c(c1)CSCC2NCC1COCCO1. The second-order valence-corrected chi connectivity index (χ2v) is 5.77. The van der Waals surface area contributed by atoms with Gasteiger partial charge in [0.15, 0.2) is 0 Å². The Hall–Kier alpha value is -0.550. The van der Waals surface area contributed by atoms with E-state index in [1.807, 2.05) is 11.8 Å². The molecule has 1 fully saturated rings. The first kappa shape index (κ1) is 12.5. The predicted octanol–water partition coefficient (Wildman–Crippen LogP) is 1.98. The maximum Gasteiger partial charge on any atom is 0.0933 e. The number of nitrogens with one attached hydrogen (secondary N) is 1. The topological polar surface area (TPSA) is 30.5 Å². The number of fused-ring (bicyclic) bond motifs is 1. The summed E-state index contributed by atoms with van der Waals surface area (Å²) in [5, 5.41) is 3.62. The van der Waals surface area contributed by atoms with E-state index in [2.05, 4.69) is 29.6 Å². The van der Waals surface area contributed by atoms with Crippen LogP contribution in [-0.2, 0) is 15.2 Å². The molecule has 4 heteroatoms. The van der Waals surface area contributed by atoms with Crippen LogP contribution < -0.4 is 5.32 Å². The zero-order valence-electron chi connectivity index (χ0n) is 10.4. The van der Waals surface area contributed by atoms with Crippen LogP contribution in [0.3, 0.4) is 0 Å². The number of thioether (sulfide) groups is 1. The van der Waals surface area contributed by atoms with Gasteiger partial charge in [-0.05, 0) is 11.1 Å². The van der Waals surface area contributed by atoms with Crippen molar-refractivity contribution in [3.05, 3.63) is 35.4 Å². The van der Waals surface area contributed by atoms with Crippen molar-refractivity contribution in [3.63, 3.8) is 0 Å². The van der Waals surface area contributed by atoms with E-state index in [1.54, 1.807) is 0 Å². The first-order valence-electron chi connectivity index (χ1n) is 6.52. The monoisotopic (exact) mass is 265 g/mol. The molecule has 1 N–H and O–H groups in total. The molecule has 3 rings (SSSR count). The summed E-state index contributed by atoms with van der Waals surface area (Å²) in [5.41, 5.74) is 2.92. The van der Waals surface area contributed by atoms with E-state index in [0.717, 1.165) is 31.3 Å². The Balaban J connectivity index is 1.60. The Morgan fingerprint density at radius 3 is 3.11 bits per heavy atom. The minimum absolute atomic E-state index is 0.206. The Morgan fingerprint density at radius 1 is 1.28 bits per heavy atom. The zero-order valence-corrected chi connectivity index (χ0v) is 11.2. The fraction of sp³-hybridized carbons (Fsp3) is 0.571. The molecule has 2 aliphatic heterocycles. The van der Waals surface area contributed by atoms with Crippen LogP contribution in [-0.4, -0.2) is 38.2 Å². The van der Waals surface area contributed by atoms with Crippen molar-refractivity contribution in [3.8, 4) is 0 Å². The third-order valence-corrected chi connectivity index (χ3v) is 4.53. The van der Waals surface area contributed by atoms with Crippen molar-refractivity contribution in [2.75, 3.05) is 32.1 Å². The summed E-state index contributed by atoms with van der Waals surface area (Å²) in [7, 11) is 0. The van der Waals surface area contributed by atoms with Crippen LogP contribution in [0, 0.1) is 0 Å². The highest BCUT2D eigenvalue weighted by atomic mass is 32.2. The zero-order chi connectivity index (χ0) is 12.2. The normalized spacial score (nSPS) is 27.8. The molecule has 2 aliphatic rings. The van der Waals surface area contributed by atoms with Crippen LogP contribution in [0.25, 0.3) is 0 Å². The Kier molecular flexibility index (Phi) is 4.20. The third kappa shape index (κ3) is 2.88. The lowest BCUT2D eigenvalue weighted by molar-refractivity contribution is -0.0869. The van der Waals surface area contributed by atoms with Gasteiger partial charge in [0.05, 0.1) is 25.9 Å². The molecule has 0 aromatic heterocycles. The Bertz CT molecular complexity index is 393. The van der Waals surface area contributed by atoms with Gasteiger partial charge in [-0.25, -0.2) is 0 Å². The quantitative estimate of drug-likeness (QED) is 0.905. The third-order valence-electron chi connectivity index (χ3n) is 3.45. The molecule has 0 bridgehead atoms. The summed E-state index contributed by atoms with van der Waals surface area (Å²) in [6.45, 7) is 3.05. The highest BCUT2D eigenvalue weighted by Crippen LogP contribution is 2.31. The Labute approximate surface area is 112 Å². The van der Waals surface area contributed by atoms with Crippen LogP contribution in [0.4, 0.5) is 0 Å². The summed E-state index contributed by atoms with van der Waals surface area (Å²) in [5.74, 6) is 2.28. The molecule has 0 spiro atoms. The number of hydrogen-bond acceptors (Lipinski definition) is 4. The standard InChI is InChI=1S/C14H19NO2S/c1-2-4-13-11(3-1)9-18-10-14(13)15-7-12-8-16-5-6-17-12/h1-4,12,14-15H,5-10H2. The molecule has 1 aromatic carbocycles. The van der Waals surface area contributed by atoms with Crippen molar-refractivity contribution >= 4 is 11.8 Å². The fourth-order valence-electron chi connectivity index (χ4n) is 2.48. The van der Waals surface area contributed by atoms with Crippen molar-refractivity contribution in [1.82, 2.24) is 5.32 Å². The van der Waals surface area contributed by atoms with Gasteiger partial charge in [-0.1, -0.05) is 24.3 Å². The first-order valence-corrected chi connectivity index (χ1v) is 7.67. The van der Waals surface area contributed by atoms with Gasteiger partial charge in [-0.2, -0.15) is 11.8 Å². The summed E-state index contributed by atoms with van der Waals surface area (Å²) in [6, 6.07) is 9.18. The highest BCUT2D eigenvalue weighted by Gasteiger charge is 2.21. The Morgan fingerprint density at radius 2 is 2.22 bits per heavy atom. The van der Waals surface area contributed by atoms with Crippen LogP contribution in [0.2, 0.25) is 0 Å². The van der Waals surface area contributed by atoms with Gasteiger partial charge in [0.25, 0.3) is 0 Å². The van der Waals surface area contributed by atoms with Crippen LogP contribution >= 0.6 is 11.8 Å². The minimum Gasteiger partial charge on any atom is -0.376 e. The molecular weight excluding hydrogens is 246 g/mol. The van der Waals surface area contributed by atoms with E-state index in [0.29, 0.717) is 12.6 Å². The fourth-order valence-corrected chi connectivity index (χ4v) is 3.61. The molecule has 1 aromatic rings. The largest absolute Gasteiger partial charge is 0.376 e. The average Bonchev–Trinajstić information content (AvgIpc) is 2.46. The van der Waals surface area contributed by atoms with Crippen LogP contribution in [0.1, 0.15) is 17.2 Å². The minimum atomic E-state index is 0.206. The molecule has 18 heavy (non-hydrogen) atoms. The van der Waals surface area contributed by atoms with Gasteiger partial charge in [0.1, 0.15) is 0 Å². The molecule has 0 radical (unpaired) electrons. The van der Waals surface area contributed by atoms with Crippen molar-refractivity contribution in [2.45, 2.75) is 17.9 Å². The van der Waals surface area contributed by atoms with Crippen molar-refractivity contribution in [1.29, 1.82) is 0 Å². The maximum absolute atomic E-state index is 5.66. The average molecular weight is 265 g/mol. The molecule has 3 nitrogen and oxygen atoms in total. The van der Waals surface area contributed by atoms with Gasteiger partial charge in [-0.3, -0.25) is 0 Å². The lowest BCUT2D eigenvalue weighted by Gasteiger charge is -2.29.